The highest BCUT2D eigenvalue weighted by atomic mass is 16.6. The zero-order chi connectivity index (χ0) is 18.3. The van der Waals surface area contributed by atoms with E-state index in [1.54, 1.807) is 6.08 Å². The van der Waals surface area contributed by atoms with E-state index < -0.39 is 48.4 Å². The molecular weight excluding hydrogens is 320 g/mol. The van der Waals surface area contributed by atoms with Crippen LogP contribution < -0.4 is 0 Å². The number of aliphatic hydroxyl groups is 2. The zero-order valence-corrected chi connectivity index (χ0v) is 13.7. The molecule has 8 nitrogen and oxygen atoms in total. The van der Waals surface area contributed by atoms with Crippen molar-refractivity contribution in [3.8, 4) is 0 Å². The molecule has 1 aliphatic heterocycles. The normalized spacial score (nSPS) is 22.4. The highest BCUT2D eigenvalue weighted by Gasteiger charge is 2.29. The molecule has 0 aromatic carbocycles. The predicted octanol–water partition coefficient (Wildman–Crippen LogP) is 0.0194. The van der Waals surface area contributed by atoms with Crippen molar-refractivity contribution in [2.24, 2.45) is 0 Å². The summed E-state index contributed by atoms with van der Waals surface area (Å²) in [4.78, 5) is 33.3. The largest absolute Gasteiger partial charge is 0.459 e. The van der Waals surface area contributed by atoms with Gasteiger partial charge in [0.25, 0.3) is 0 Å². The number of ether oxygens (including phenoxy) is 3. The number of esters is 3. The number of aliphatic hydroxyl groups excluding tert-OH is 2. The van der Waals surface area contributed by atoms with Crippen LogP contribution in [-0.2, 0) is 28.6 Å². The molecule has 24 heavy (non-hydrogen) atoms. The van der Waals surface area contributed by atoms with Gasteiger partial charge in [-0.15, -0.1) is 0 Å². The van der Waals surface area contributed by atoms with Gasteiger partial charge < -0.3 is 24.4 Å². The Balaban J connectivity index is 2.72. The fourth-order valence-corrected chi connectivity index (χ4v) is 2.11. The molecule has 0 unspecified atom stereocenters. The molecule has 8 heteroatoms. The van der Waals surface area contributed by atoms with Gasteiger partial charge in [0.15, 0.2) is 6.10 Å². The van der Waals surface area contributed by atoms with Gasteiger partial charge in [0, 0.05) is 26.3 Å². The quantitative estimate of drug-likeness (QED) is 0.377. The van der Waals surface area contributed by atoms with Crippen LogP contribution in [0.3, 0.4) is 0 Å². The Morgan fingerprint density at radius 1 is 1.25 bits per heavy atom. The average molecular weight is 342 g/mol. The van der Waals surface area contributed by atoms with Crippen molar-refractivity contribution in [3.05, 3.63) is 24.3 Å². The lowest BCUT2D eigenvalue weighted by atomic mass is 10.0. The summed E-state index contributed by atoms with van der Waals surface area (Å²) in [5.41, 5.74) is 0. The first-order chi connectivity index (χ1) is 11.2. The second-order valence-corrected chi connectivity index (χ2v) is 5.37. The lowest BCUT2D eigenvalue weighted by Gasteiger charge is -2.26. The Kier molecular flexibility index (Phi) is 7.60. The Hall–Kier alpha value is -2.19. The first-order valence-electron chi connectivity index (χ1n) is 7.46. The maximum absolute atomic E-state index is 11.2. The molecule has 0 fully saturated rings. The summed E-state index contributed by atoms with van der Waals surface area (Å²) in [5, 5.41) is 20.0. The second-order valence-electron chi connectivity index (χ2n) is 5.37. The van der Waals surface area contributed by atoms with Gasteiger partial charge >= 0.3 is 17.9 Å². The molecule has 5 atom stereocenters. The van der Waals surface area contributed by atoms with Crippen molar-refractivity contribution in [1.82, 2.24) is 0 Å². The third kappa shape index (κ3) is 6.51. The van der Waals surface area contributed by atoms with Crippen molar-refractivity contribution in [3.63, 3.8) is 0 Å². The van der Waals surface area contributed by atoms with Crippen molar-refractivity contribution in [2.75, 3.05) is 0 Å². The maximum Gasteiger partial charge on any atom is 0.330 e. The molecule has 0 amide bonds. The molecule has 1 aliphatic rings. The zero-order valence-electron chi connectivity index (χ0n) is 13.7. The molecule has 0 aliphatic carbocycles. The van der Waals surface area contributed by atoms with Crippen molar-refractivity contribution < 1.29 is 38.8 Å². The monoisotopic (exact) mass is 342 g/mol. The van der Waals surface area contributed by atoms with Crippen LogP contribution in [0.25, 0.3) is 0 Å². The van der Waals surface area contributed by atoms with E-state index in [-0.39, 0.29) is 6.42 Å². The molecule has 1 heterocycles. The van der Waals surface area contributed by atoms with Crippen LogP contribution in [0, 0.1) is 0 Å². The fraction of sp³-hybridized carbons (Fsp3) is 0.562. The summed E-state index contributed by atoms with van der Waals surface area (Å²) >= 11 is 0. The molecule has 0 saturated carbocycles. The van der Waals surface area contributed by atoms with Gasteiger partial charge in [0.05, 0.1) is 0 Å². The Morgan fingerprint density at radius 2 is 1.88 bits per heavy atom. The molecule has 0 spiro atoms. The topological polar surface area (TPSA) is 119 Å². The fourth-order valence-electron chi connectivity index (χ4n) is 2.11. The first kappa shape index (κ1) is 19.9. The van der Waals surface area contributed by atoms with Crippen LogP contribution in [-0.4, -0.2) is 58.6 Å². The smallest absolute Gasteiger partial charge is 0.330 e. The maximum atomic E-state index is 11.2. The van der Waals surface area contributed by atoms with Gasteiger partial charge in [0.1, 0.15) is 24.4 Å². The number of hydrogen-bond acceptors (Lipinski definition) is 8. The minimum atomic E-state index is -1.36. The van der Waals surface area contributed by atoms with Gasteiger partial charge in [0.2, 0.25) is 0 Å². The van der Waals surface area contributed by atoms with Gasteiger partial charge in [-0.05, 0) is 13.0 Å². The van der Waals surface area contributed by atoms with Crippen LogP contribution in [0.5, 0.6) is 0 Å². The summed E-state index contributed by atoms with van der Waals surface area (Å²) in [6, 6.07) is 0. The summed E-state index contributed by atoms with van der Waals surface area (Å²) in [6.07, 6.45) is 0.269. The highest BCUT2D eigenvalue weighted by molar-refractivity contribution is 5.82. The second kappa shape index (κ2) is 9.19. The highest BCUT2D eigenvalue weighted by Crippen LogP contribution is 2.16. The van der Waals surface area contributed by atoms with Crippen molar-refractivity contribution in [2.45, 2.75) is 57.7 Å². The number of carbonyl (C=O) groups excluding carboxylic acids is 3. The minimum Gasteiger partial charge on any atom is -0.459 e. The molecule has 1 rings (SSSR count). The molecule has 0 aromatic heterocycles. The van der Waals surface area contributed by atoms with Crippen molar-refractivity contribution >= 4 is 17.9 Å². The molecule has 0 aromatic rings. The van der Waals surface area contributed by atoms with Gasteiger partial charge in [-0.25, -0.2) is 4.79 Å². The number of hydrogen-bond donors (Lipinski definition) is 2. The first-order valence-corrected chi connectivity index (χ1v) is 7.46. The molecular formula is C16H22O8. The van der Waals surface area contributed by atoms with Gasteiger partial charge in [-0.2, -0.15) is 0 Å². The predicted molar refractivity (Wildman–Crippen MR) is 81.6 cm³/mol. The van der Waals surface area contributed by atoms with E-state index in [1.807, 2.05) is 0 Å². The van der Waals surface area contributed by atoms with Crippen LogP contribution in [0.4, 0.5) is 0 Å². The van der Waals surface area contributed by atoms with Crippen LogP contribution in [0.15, 0.2) is 24.3 Å². The van der Waals surface area contributed by atoms with Gasteiger partial charge in [-0.3, -0.25) is 9.59 Å². The minimum absolute atomic E-state index is 0.273. The van der Waals surface area contributed by atoms with Crippen LogP contribution in [0.2, 0.25) is 0 Å². The van der Waals surface area contributed by atoms with E-state index in [0.717, 1.165) is 0 Å². The van der Waals surface area contributed by atoms with Gasteiger partial charge in [-0.1, -0.05) is 12.2 Å². The number of carbonyl (C=O) groups is 3. The molecule has 134 valence electrons. The Bertz CT molecular complexity index is 524. The number of rotatable bonds is 7. The molecule has 2 N–H and O–H groups in total. The van der Waals surface area contributed by atoms with E-state index >= 15 is 0 Å². The molecule has 0 bridgehead atoms. The average Bonchev–Trinajstić information content (AvgIpc) is 2.49. The summed E-state index contributed by atoms with van der Waals surface area (Å²) in [7, 11) is 0. The third-order valence-electron chi connectivity index (χ3n) is 3.24. The SMILES string of the molecule is CC(=O)O[C@@H](/C=C/[C@H](O)[C@H](O)[C@@H]1CC=CC(=O)O1)[C@@H](C)OC(C)=O. The third-order valence-corrected chi connectivity index (χ3v) is 3.24. The summed E-state index contributed by atoms with van der Waals surface area (Å²) in [5.74, 6) is -1.73. The lowest BCUT2D eigenvalue weighted by molar-refractivity contribution is -0.160. The lowest BCUT2D eigenvalue weighted by Crippen LogP contribution is -2.40. The summed E-state index contributed by atoms with van der Waals surface area (Å²) in [6.45, 7) is 3.94. The van der Waals surface area contributed by atoms with E-state index in [9.17, 15) is 24.6 Å². The molecule has 0 radical (unpaired) electrons. The van der Waals surface area contributed by atoms with E-state index in [1.165, 1.54) is 39.0 Å². The number of cyclic esters (lactones) is 1. The van der Waals surface area contributed by atoms with E-state index in [4.69, 9.17) is 14.2 Å². The van der Waals surface area contributed by atoms with Crippen LogP contribution in [0.1, 0.15) is 27.2 Å². The van der Waals surface area contributed by atoms with E-state index in [2.05, 4.69) is 0 Å². The Morgan fingerprint density at radius 3 is 2.42 bits per heavy atom. The summed E-state index contributed by atoms with van der Waals surface area (Å²) < 4.78 is 14.9. The Labute approximate surface area is 139 Å². The molecule has 0 saturated heterocycles. The standard InChI is InChI=1S/C16H22O8/c1-9(22-10(2)17)13(23-11(3)18)8-7-12(19)16(21)14-5-4-6-15(20)24-14/h4,6-9,12-14,16,19,21H,5H2,1-3H3/b8-7+/t9-,12+,13+,14+,16+/m1/s1. The van der Waals surface area contributed by atoms with Crippen molar-refractivity contribution in [1.29, 1.82) is 0 Å². The van der Waals surface area contributed by atoms with E-state index in [0.29, 0.717) is 0 Å². The van der Waals surface area contributed by atoms with Crippen LogP contribution >= 0.6 is 0 Å².